The Bertz CT molecular complexity index is 751. The molecule has 32 heavy (non-hydrogen) atoms. The van der Waals surface area contributed by atoms with Crippen LogP contribution in [0.15, 0.2) is 42.6 Å². The topological polar surface area (TPSA) is 34.5 Å². The van der Waals surface area contributed by atoms with Gasteiger partial charge in [0.1, 0.15) is 0 Å². The third-order valence-electron chi connectivity index (χ3n) is 6.16. The van der Waals surface area contributed by atoms with Gasteiger partial charge in [0.15, 0.2) is 0 Å². The summed E-state index contributed by atoms with van der Waals surface area (Å²) in [7, 11) is 1.70. The van der Waals surface area contributed by atoms with Crippen molar-refractivity contribution in [3.63, 3.8) is 0 Å². The maximum absolute atomic E-state index is 13.0. The predicted molar refractivity (Wildman–Crippen MR) is 134 cm³/mol. The van der Waals surface area contributed by atoms with E-state index in [1.54, 1.807) is 7.11 Å². The van der Waals surface area contributed by atoms with Crippen LogP contribution in [0.2, 0.25) is 0 Å². The highest BCUT2D eigenvalue weighted by molar-refractivity contribution is 5.76. The summed E-state index contributed by atoms with van der Waals surface area (Å²) in [6, 6.07) is 12.9. The molecule has 0 radical (unpaired) electrons. The first-order valence-electron chi connectivity index (χ1n) is 12.6. The molecule has 0 spiro atoms. The van der Waals surface area contributed by atoms with E-state index < -0.39 is 0 Å². The highest BCUT2D eigenvalue weighted by atomic mass is 16.5. The van der Waals surface area contributed by atoms with Gasteiger partial charge in [-0.05, 0) is 31.0 Å². The van der Waals surface area contributed by atoms with E-state index >= 15 is 0 Å². The van der Waals surface area contributed by atoms with Gasteiger partial charge < -0.3 is 14.2 Å². The lowest BCUT2D eigenvalue weighted by molar-refractivity contribution is -0.132. The van der Waals surface area contributed by atoms with Gasteiger partial charge in [-0.25, -0.2) is 0 Å². The van der Waals surface area contributed by atoms with Crippen molar-refractivity contribution in [1.29, 1.82) is 0 Å². The van der Waals surface area contributed by atoms with Gasteiger partial charge in [-0.1, -0.05) is 88.1 Å². The highest BCUT2D eigenvalue weighted by Gasteiger charge is 2.15. The number of hydrogen-bond donors (Lipinski definition) is 0. The first-order valence-corrected chi connectivity index (χ1v) is 12.6. The van der Waals surface area contributed by atoms with Crippen molar-refractivity contribution in [1.82, 2.24) is 9.47 Å². The summed E-state index contributed by atoms with van der Waals surface area (Å²) in [6.07, 6.45) is 14.2. The van der Waals surface area contributed by atoms with Crippen LogP contribution in [0.4, 0.5) is 0 Å². The number of amides is 1. The molecule has 4 heteroatoms. The minimum absolute atomic E-state index is 0.244. The van der Waals surface area contributed by atoms with E-state index in [4.69, 9.17) is 4.74 Å². The van der Waals surface area contributed by atoms with Gasteiger partial charge in [-0.3, -0.25) is 4.79 Å². The van der Waals surface area contributed by atoms with Crippen LogP contribution in [-0.2, 0) is 22.6 Å². The minimum atomic E-state index is 0.244. The lowest BCUT2D eigenvalue weighted by Gasteiger charge is -2.23. The lowest BCUT2D eigenvalue weighted by Crippen LogP contribution is -2.34. The Morgan fingerprint density at radius 3 is 2.25 bits per heavy atom. The van der Waals surface area contributed by atoms with Gasteiger partial charge in [-0.15, -0.1) is 0 Å². The molecule has 0 bridgehead atoms. The van der Waals surface area contributed by atoms with E-state index in [1.165, 1.54) is 61.8 Å². The van der Waals surface area contributed by atoms with Crippen molar-refractivity contribution in [2.24, 2.45) is 0 Å². The van der Waals surface area contributed by atoms with Crippen LogP contribution in [0, 0.1) is 6.92 Å². The summed E-state index contributed by atoms with van der Waals surface area (Å²) in [6.45, 7) is 7.04. The third-order valence-corrected chi connectivity index (χ3v) is 6.16. The predicted octanol–water partition coefficient (Wildman–Crippen LogP) is 6.74. The molecular formula is C28H44N2O2. The number of benzene rings is 1. The molecule has 4 nitrogen and oxygen atoms in total. The number of rotatable bonds is 17. The fourth-order valence-corrected chi connectivity index (χ4v) is 4.07. The number of ether oxygens (including phenoxy) is 1. The number of nitrogens with zero attached hydrogens (tertiary/aromatic N) is 2. The molecule has 0 aliphatic rings. The molecule has 0 saturated heterocycles. The van der Waals surface area contributed by atoms with Crippen LogP contribution in [0.3, 0.4) is 0 Å². The first-order chi connectivity index (χ1) is 15.6. The fraction of sp³-hybridized carbons (Fsp3) is 0.607. The van der Waals surface area contributed by atoms with Gasteiger partial charge in [0.05, 0.1) is 13.2 Å². The second kappa shape index (κ2) is 15.7. The van der Waals surface area contributed by atoms with Gasteiger partial charge in [0.2, 0.25) is 5.91 Å². The normalized spacial score (nSPS) is 11.1. The summed E-state index contributed by atoms with van der Waals surface area (Å²) >= 11 is 0. The van der Waals surface area contributed by atoms with Gasteiger partial charge in [0, 0.05) is 38.5 Å². The van der Waals surface area contributed by atoms with Crippen LogP contribution in [-0.4, -0.2) is 35.6 Å². The second-order valence-electron chi connectivity index (χ2n) is 9.00. The Kier molecular flexibility index (Phi) is 12.8. The zero-order valence-electron chi connectivity index (χ0n) is 20.7. The van der Waals surface area contributed by atoms with E-state index in [9.17, 15) is 4.79 Å². The molecule has 0 atom stereocenters. The van der Waals surface area contributed by atoms with Crippen molar-refractivity contribution in [2.75, 3.05) is 20.3 Å². The molecule has 1 aromatic heterocycles. The van der Waals surface area contributed by atoms with E-state index in [0.717, 1.165) is 19.4 Å². The van der Waals surface area contributed by atoms with E-state index in [0.29, 0.717) is 26.1 Å². The number of carbonyl (C=O) groups is 1. The molecule has 1 aromatic carbocycles. The Hall–Kier alpha value is -2.07. The molecular weight excluding hydrogens is 396 g/mol. The monoisotopic (exact) mass is 440 g/mol. The maximum atomic E-state index is 13.0. The highest BCUT2D eigenvalue weighted by Crippen LogP contribution is 2.14. The van der Waals surface area contributed by atoms with Crippen LogP contribution < -0.4 is 0 Å². The smallest absolute Gasteiger partial charge is 0.222 e. The van der Waals surface area contributed by atoms with Gasteiger partial charge in [0.25, 0.3) is 0 Å². The van der Waals surface area contributed by atoms with Crippen molar-refractivity contribution in [3.05, 3.63) is 59.4 Å². The zero-order valence-corrected chi connectivity index (χ0v) is 20.7. The van der Waals surface area contributed by atoms with Crippen molar-refractivity contribution in [3.8, 4) is 0 Å². The molecule has 2 aromatic rings. The number of aryl methyl sites for hydroxylation is 1. The minimum Gasteiger partial charge on any atom is -0.383 e. The Labute approximate surface area is 196 Å². The second-order valence-corrected chi connectivity index (χ2v) is 9.00. The fourth-order valence-electron chi connectivity index (χ4n) is 4.07. The average molecular weight is 441 g/mol. The average Bonchev–Trinajstić information content (AvgIpc) is 3.23. The van der Waals surface area contributed by atoms with E-state index in [-0.39, 0.29) is 5.91 Å². The third kappa shape index (κ3) is 10.0. The van der Waals surface area contributed by atoms with Crippen molar-refractivity contribution < 1.29 is 9.53 Å². The van der Waals surface area contributed by atoms with E-state index in [2.05, 4.69) is 61.0 Å². The molecule has 2 rings (SSSR count). The summed E-state index contributed by atoms with van der Waals surface area (Å²) in [5.41, 5.74) is 3.72. The van der Waals surface area contributed by atoms with Crippen LogP contribution in [0.25, 0.3) is 0 Å². The summed E-state index contributed by atoms with van der Waals surface area (Å²) < 4.78 is 7.52. The summed E-state index contributed by atoms with van der Waals surface area (Å²) in [5.74, 6) is 0.244. The van der Waals surface area contributed by atoms with Crippen LogP contribution >= 0.6 is 0 Å². The maximum Gasteiger partial charge on any atom is 0.222 e. The zero-order chi connectivity index (χ0) is 23.0. The lowest BCUT2D eigenvalue weighted by atomic mass is 10.1. The number of aromatic nitrogens is 1. The van der Waals surface area contributed by atoms with Gasteiger partial charge in [-0.2, -0.15) is 0 Å². The van der Waals surface area contributed by atoms with E-state index in [1.807, 2.05) is 4.90 Å². The molecule has 1 amide bonds. The van der Waals surface area contributed by atoms with Crippen LogP contribution in [0.5, 0.6) is 0 Å². The molecule has 0 saturated carbocycles. The molecule has 178 valence electrons. The number of unbranched alkanes of at least 4 members (excludes halogenated alkanes) is 8. The first kappa shape index (κ1) is 26.2. The molecule has 0 aliphatic heterocycles. The molecule has 0 N–H and O–H groups in total. The SMILES string of the molecule is CCCCCCCCCCCC(=O)N(CCOC)Cc1cccn1Cc1ccc(C)cc1. The van der Waals surface area contributed by atoms with Crippen molar-refractivity contribution in [2.45, 2.75) is 91.1 Å². The van der Waals surface area contributed by atoms with Crippen molar-refractivity contribution >= 4 is 5.91 Å². The Balaban J connectivity index is 1.80. The quantitative estimate of drug-likeness (QED) is 0.255. The Morgan fingerprint density at radius 2 is 1.59 bits per heavy atom. The molecule has 0 aliphatic carbocycles. The van der Waals surface area contributed by atoms with Crippen LogP contribution in [0.1, 0.15) is 88.0 Å². The summed E-state index contributed by atoms with van der Waals surface area (Å²) in [4.78, 5) is 14.9. The number of carbonyl (C=O) groups excluding carboxylic acids is 1. The molecule has 0 unspecified atom stereocenters. The van der Waals surface area contributed by atoms with Gasteiger partial charge >= 0.3 is 0 Å². The largest absolute Gasteiger partial charge is 0.383 e. The standard InChI is InChI=1S/C28H44N2O2/c1-4-5-6-7-8-9-10-11-12-15-28(31)30(21-22-32-3)24-27-14-13-20-29(27)23-26-18-16-25(2)17-19-26/h13-14,16-20H,4-12,15,21-24H2,1-3H3. The molecule has 0 fully saturated rings. The Morgan fingerprint density at radius 1 is 0.938 bits per heavy atom. The number of methoxy groups -OCH3 is 1. The molecule has 1 heterocycles. The summed E-state index contributed by atoms with van der Waals surface area (Å²) in [5, 5.41) is 0. The number of hydrogen-bond acceptors (Lipinski definition) is 2.